The van der Waals surface area contributed by atoms with Crippen molar-refractivity contribution in [3.63, 3.8) is 0 Å². The van der Waals surface area contributed by atoms with E-state index in [4.69, 9.17) is 4.52 Å². The lowest BCUT2D eigenvalue weighted by Crippen LogP contribution is -2.50. The fourth-order valence-electron chi connectivity index (χ4n) is 5.36. The Hall–Kier alpha value is -2.70. The lowest BCUT2D eigenvalue weighted by atomic mass is 9.96. The van der Waals surface area contributed by atoms with E-state index in [0.29, 0.717) is 24.8 Å². The summed E-state index contributed by atoms with van der Waals surface area (Å²) in [4.78, 5) is 34.6. The number of piperidine rings is 1. The molecule has 1 saturated carbocycles. The molecule has 2 aromatic rings. The van der Waals surface area contributed by atoms with Gasteiger partial charge in [0.2, 0.25) is 23.5 Å². The van der Waals surface area contributed by atoms with E-state index in [1.54, 1.807) is 0 Å². The fraction of sp³-hybridized carbons (Fsp3) is 0.583. The van der Waals surface area contributed by atoms with Crippen molar-refractivity contribution in [3.05, 3.63) is 36.2 Å². The van der Waals surface area contributed by atoms with Gasteiger partial charge < -0.3 is 14.3 Å². The maximum atomic E-state index is 13.2. The second-order valence-electron chi connectivity index (χ2n) is 9.09. The molecule has 31 heavy (non-hydrogen) atoms. The smallest absolute Gasteiger partial charge is 0.245 e. The van der Waals surface area contributed by atoms with Gasteiger partial charge in [-0.05, 0) is 38.5 Å². The highest BCUT2D eigenvalue weighted by atomic mass is 16.5. The first-order chi connectivity index (χ1) is 15.2. The molecule has 1 aromatic carbocycles. The Balaban J connectivity index is 1.19. The number of carbonyl (C=O) groups excluding carboxylic acids is 2. The first kappa shape index (κ1) is 20.2. The number of amides is 2. The Morgan fingerprint density at radius 1 is 0.871 bits per heavy atom. The number of carbonyl (C=O) groups is 2. The van der Waals surface area contributed by atoms with E-state index >= 15 is 0 Å². The maximum absolute atomic E-state index is 13.2. The molecular weight excluding hydrogens is 392 g/mol. The number of aromatic nitrogens is 2. The van der Waals surface area contributed by atoms with Crippen molar-refractivity contribution in [2.75, 3.05) is 19.6 Å². The largest absolute Gasteiger partial charge is 0.341 e. The van der Waals surface area contributed by atoms with Crippen molar-refractivity contribution in [1.82, 2.24) is 19.9 Å². The zero-order valence-electron chi connectivity index (χ0n) is 17.9. The minimum absolute atomic E-state index is 0.123. The molecule has 7 heteroatoms. The van der Waals surface area contributed by atoms with Crippen molar-refractivity contribution in [1.29, 1.82) is 0 Å². The number of hydrogen-bond donors (Lipinski definition) is 0. The highest BCUT2D eigenvalue weighted by Gasteiger charge is 2.40. The number of nitrogens with zero attached hydrogens (tertiary/aromatic N) is 4. The molecule has 0 N–H and O–H groups in total. The van der Waals surface area contributed by atoms with Crippen LogP contribution in [0.5, 0.6) is 0 Å². The van der Waals surface area contributed by atoms with Crippen molar-refractivity contribution >= 4 is 11.8 Å². The molecule has 2 saturated heterocycles. The zero-order valence-corrected chi connectivity index (χ0v) is 17.9. The Morgan fingerprint density at radius 3 is 2.35 bits per heavy atom. The maximum Gasteiger partial charge on any atom is 0.245 e. The van der Waals surface area contributed by atoms with Crippen LogP contribution in [0.3, 0.4) is 0 Å². The third-order valence-electron chi connectivity index (χ3n) is 7.15. The van der Waals surface area contributed by atoms with E-state index in [2.05, 4.69) is 10.1 Å². The zero-order chi connectivity index (χ0) is 21.2. The van der Waals surface area contributed by atoms with Crippen LogP contribution in [-0.4, -0.2) is 57.4 Å². The van der Waals surface area contributed by atoms with E-state index in [-0.39, 0.29) is 29.7 Å². The van der Waals surface area contributed by atoms with E-state index < -0.39 is 0 Å². The summed E-state index contributed by atoms with van der Waals surface area (Å²) in [6, 6.07) is 9.55. The second-order valence-corrected chi connectivity index (χ2v) is 9.09. The summed E-state index contributed by atoms with van der Waals surface area (Å²) in [6.45, 7) is 2.08. The Bertz CT molecular complexity index is 914. The van der Waals surface area contributed by atoms with Gasteiger partial charge in [0.15, 0.2) is 0 Å². The van der Waals surface area contributed by atoms with Gasteiger partial charge in [0.25, 0.3) is 0 Å². The van der Waals surface area contributed by atoms with E-state index in [1.807, 2.05) is 40.1 Å². The van der Waals surface area contributed by atoms with Gasteiger partial charge in [-0.1, -0.05) is 48.3 Å². The topological polar surface area (TPSA) is 79.5 Å². The average Bonchev–Trinajstić information content (AvgIpc) is 3.60. The fourth-order valence-corrected chi connectivity index (χ4v) is 5.36. The quantitative estimate of drug-likeness (QED) is 0.752. The van der Waals surface area contributed by atoms with Crippen LogP contribution in [0.25, 0.3) is 11.4 Å². The molecule has 1 unspecified atom stereocenters. The molecule has 0 spiro atoms. The van der Waals surface area contributed by atoms with Crippen LogP contribution in [-0.2, 0) is 9.59 Å². The van der Waals surface area contributed by atoms with Crippen LogP contribution < -0.4 is 0 Å². The van der Waals surface area contributed by atoms with E-state index in [9.17, 15) is 9.59 Å². The molecule has 164 valence electrons. The predicted molar refractivity (Wildman–Crippen MR) is 115 cm³/mol. The number of likely N-dealkylation sites (tertiary alicyclic amines) is 2. The molecule has 1 atom stereocenters. The molecule has 1 aromatic heterocycles. The SMILES string of the molecule is O=C(C1CCCN1C(=O)C1CCCC1)N1CCC(c2nc(-c3ccccc3)no2)CC1. The lowest BCUT2D eigenvalue weighted by molar-refractivity contribution is -0.146. The number of rotatable bonds is 4. The van der Waals surface area contributed by atoms with Crippen LogP contribution in [0.4, 0.5) is 0 Å². The normalized spacial score (nSPS) is 22.9. The van der Waals surface area contributed by atoms with Crippen LogP contribution in [0.15, 0.2) is 34.9 Å². The molecule has 0 radical (unpaired) electrons. The molecule has 3 aliphatic rings. The summed E-state index contributed by atoms with van der Waals surface area (Å²) in [5.41, 5.74) is 0.943. The lowest BCUT2D eigenvalue weighted by Gasteiger charge is -2.35. The second kappa shape index (κ2) is 8.81. The molecule has 7 nitrogen and oxygen atoms in total. The van der Waals surface area contributed by atoms with E-state index in [1.165, 1.54) is 0 Å². The molecule has 2 aliphatic heterocycles. The summed E-state index contributed by atoms with van der Waals surface area (Å²) in [5, 5.41) is 4.14. The van der Waals surface area contributed by atoms with Crippen LogP contribution >= 0.6 is 0 Å². The Morgan fingerprint density at radius 2 is 1.61 bits per heavy atom. The molecule has 0 bridgehead atoms. The van der Waals surface area contributed by atoms with Gasteiger partial charge in [0, 0.05) is 37.0 Å². The third-order valence-corrected chi connectivity index (χ3v) is 7.15. The number of benzene rings is 1. The summed E-state index contributed by atoms with van der Waals surface area (Å²) in [7, 11) is 0. The molecule has 3 fully saturated rings. The average molecular weight is 423 g/mol. The first-order valence-electron chi connectivity index (χ1n) is 11.7. The highest BCUT2D eigenvalue weighted by molar-refractivity contribution is 5.89. The van der Waals surface area contributed by atoms with Crippen molar-refractivity contribution in [2.24, 2.45) is 5.92 Å². The molecule has 3 heterocycles. The summed E-state index contributed by atoms with van der Waals surface area (Å²) in [6.07, 6.45) is 7.58. The van der Waals surface area contributed by atoms with Crippen LogP contribution in [0.1, 0.15) is 63.2 Å². The van der Waals surface area contributed by atoms with Gasteiger partial charge in [0.05, 0.1) is 0 Å². The van der Waals surface area contributed by atoms with Crippen molar-refractivity contribution < 1.29 is 14.1 Å². The van der Waals surface area contributed by atoms with Crippen LogP contribution in [0.2, 0.25) is 0 Å². The minimum Gasteiger partial charge on any atom is -0.341 e. The van der Waals surface area contributed by atoms with Gasteiger partial charge in [-0.3, -0.25) is 9.59 Å². The highest BCUT2D eigenvalue weighted by Crippen LogP contribution is 2.32. The van der Waals surface area contributed by atoms with Gasteiger partial charge in [0.1, 0.15) is 6.04 Å². The summed E-state index contributed by atoms with van der Waals surface area (Å²) in [5.74, 6) is 1.91. The first-order valence-corrected chi connectivity index (χ1v) is 11.7. The van der Waals surface area contributed by atoms with Crippen molar-refractivity contribution in [2.45, 2.75) is 63.3 Å². The predicted octanol–water partition coefficient (Wildman–Crippen LogP) is 3.62. The van der Waals surface area contributed by atoms with Crippen molar-refractivity contribution in [3.8, 4) is 11.4 Å². The molecule has 2 amide bonds. The summed E-state index contributed by atoms with van der Waals surface area (Å²) < 4.78 is 5.54. The van der Waals surface area contributed by atoms with Gasteiger partial charge in [-0.2, -0.15) is 4.98 Å². The Kier molecular flexibility index (Phi) is 5.74. The standard InChI is InChI=1S/C24H30N4O3/c29-23(19-9-4-5-10-19)28-14-6-11-20(28)24(30)27-15-12-18(13-16-27)22-25-21(26-31-22)17-7-2-1-3-8-17/h1-3,7-8,18-20H,4-6,9-16H2. The minimum atomic E-state index is -0.266. The summed E-state index contributed by atoms with van der Waals surface area (Å²) >= 11 is 0. The number of hydrogen-bond acceptors (Lipinski definition) is 5. The molecule has 5 rings (SSSR count). The van der Waals surface area contributed by atoms with Crippen LogP contribution in [0, 0.1) is 5.92 Å². The monoisotopic (exact) mass is 422 g/mol. The van der Waals surface area contributed by atoms with Gasteiger partial charge >= 0.3 is 0 Å². The van der Waals surface area contributed by atoms with Gasteiger partial charge in [-0.15, -0.1) is 0 Å². The molecular formula is C24H30N4O3. The van der Waals surface area contributed by atoms with E-state index in [0.717, 1.165) is 63.5 Å². The molecule has 1 aliphatic carbocycles. The van der Waals surface area contributed by atoms with Gasteiger partial charge in [-0.25, -0.2) is 0 Å². The Labute approximate surface area is 182 Å². The third kappa shape index (κ3) is 4.10.